The summed E-state index contributed by atoms with van der Waals surface area (Å²) < 4.78 is 0. The zero-order chi connectivity index (χ0) is 11.3. The van der Waals surface area contributed by atoms with Crippen molar-refractivity contribution in [1.29, 1.82) is 0 Å². The molecule has 15 heavy (non-hydrogen) atoms. The van der Waals surface area contributed by atoms with Gasteiger partial charge in [-0.25, -0.2) is 0 Å². The molecule has 0 bridgehead atoms. The molecule has 1 nitrogen and oxygen atoms in total. The molecule has 0 aliphatic heterocycles. The second-order valence-electron chi connectivity index (χ2n) is 6.03. The molecule has 0 saturated heterocycles. The molecule has 1 heteroatoms. The third-order valence-electron chi connectivity index (χ3n) is 3.29. The van der Waals surface area contributed by atoms with Gasteiger partial charge in [-0.1, -0.05) is 47.0 Å². The van der Waals surface area contributed by atoms with Crippen LogP contribution in [0.25, 0.3) is 0 Å². The molecule has 1 aliphatic carbocycles. The molecule has 0 atom stereocenters. The van der Waals surface area contributed by atoms with E-state index in [9.17, 15) is 0 Å². The van der Waals surface area contributed by atoms with E-state index >= 15 is 0 Å². The molecule has 0 unspecified atom stereocenters. The molecule has 0 N–H and O–H groups in total. The predicted octanol–water partition coefficient (Wildman–Crippen LogP) is 3.93. The summed E-state index contributed by atoms with van der Waals surface area (Å²) in [5.41, 5.74) is 0. The van der Waals surface area contributed by atoms with E-state index in [1.807, 2.05) is 0 Å². The average molecular weight is 211 g/mol. The highest BCUT2D eigenvalue weighted by molar-refractivity contribution is 4.77. The molecule has 0 aromatic carbocycles. The van der Waals surface area contributed by atoms with Gasteiger partial charge in [0.1, 0.15) is 0 Å². The zero-order valence-corrected chi connectivity index (χ0v) is 11.1. The third kappa shape index (κ3) is 5.01. The molecule has 0 radical (unpaired) electrons. The van der Waals surface area contributed by atoms with Crippen LogP contribution in [0.15, 0.2) is 0 Å². The van der Waals surface area contributed by atoms with Crippen LogP contribution >= 0.6 is 0 Å². The number of nitrogens with zero attached hydrogens (tertiary/aromatic N) is 1. The summed E-state index contributed by atoms with van der Waals surface area (Å²) in [7, 11) is 0. The maximum Gasteiger partial charge on any atom is 0.00954 e. The van der Waals surface area contributed by atoms with E-state index in [4.69, 9.17) is 0 Å². The van der Waals surface area contributed by atoms with Gasteiger partial charge >= 0.3 is 0 Å². The van der Waals surface area contributed by atoms with Crippen LogP contribution in [0.4, 0.5) is 0 Å². The molecule has 90 valence electrons. The second kappa shape index (κ2) is 6.52. The number of hydrogen-bond donors (Lipinski definition) is 0. The van der Waals surface area contributed by atoms with Gasteiger partial charge in [-0.2, -0.15) is 0 Å². The topological polar surface area (TPSA) is 3.24 Å². The minimum atomic E-state index is 0.811. The smallest absolute Gasteiger partial charge is 0.00954 e. The molecular weight excluding hydrogens is 182 g/mol. The summed E-state index contributed by atoms with van der Waals surface area (Å²) in [6.45, 7) is 12.0. The molecule has 1 aliphatic rings. The fourth-order valence-electron chi connectivity index (χ4n) is 2.76. The van der Waals surface area contributed by atoms with Crippen molar-refractivity contribution in [3.8, 4) is 0 Å². The zero-order valence-electron chi connectivity index (χ0n) is 11.1. The summed E-state index contributed by atoms with van der Waals surface area (Å²) in [4.78, 5) is 2.76. The lowest BCUT2D eigenvalue weighted by molar-refractivity contribution is 0.125. The van der Waals surface area contributed by atoms with E-state index in [1.54, 1.807) is 0 Å². The monoisotopic (exact) mass is 211 g/mol. The maximum absolute atomic E-state index is 2.76. The van der Waals surface area contributed by atoms with Crippen molar-refractivity contribution < 1.29 is 0 Å². The summed E-state index contributed by atoms with van der Waals surface area (Å²) in [5, 5.41) is 0. The molecule has 0 amide bonds. The van der Waals surface area contributed by atoms with Gasteiger partial charge in [0.25, 0.3) is 0 Å². The first-order valence-corrected chi connectivity index (χ1v) is 6.83. The van der Waals surface area contributed by atoms with Crippen molar-refractivity contribution in [2.75, 3.05) is 13.1 Å². The molecule has 1 rings (SSSR count). The molecule has 0 aromatic heterocycles. The van der Waals surface area contributed by atoms with Gasteiger partial charge < -0.3 is 0 Å². The highest BCUT2D eigenvalue weighted by atomic mass is 15.2. The highest BCUT2D eigenvalue weighted by Crippen LogP contribution is 2.24. The molecule has 1 fully saturated rings. The predicted molar refractivity (Wildman–Crippen MR) is 68.1 cm³/mol. The average Bonchev–Trinajstić information content (AvgIpc) is 2.17. The number of rotatable bonds is 5. The number of hydrogen-bond acceptors (Lipinski definition) is 1. The minimum Gasteiger partial charge on any atom is -0.300 e. The Labute approximate surface area is 96.2 Å². The van der Waals surface area contributed by atoms with Crippen molar-refractivity contribution in [2.45, 2.75) is 65.8 Å². The van der Waals surface area contributed by atoms with E-state index in [0.29, 0.717) is 0 Å². The first-order valence-electron chi connectivity index (χ1n) is 6.83. The molecule has 0 heterocycles. The van der Waals surface area contributed by atoms with Crippen LogP contribution in [-0.4, -0.2) is 24.0 Å². The maximum atomic E-state index is 2.76. The molecule has 0 aromatic rings. The Morgan fingerprint density at radius 1 is 0.867 bits per heavy atom. The Morgan fingerprint density at radius 2 is 1.33 bits per heavy atom. The first kappa shape index (κ1) is 13.0. The molecule has 1 saturated carbocycles. The fourth-order valence-corrected chi connectivity index (χ4v) is 2.76. The van der Waals surface area contributed by atoms with Crippen molar-refractivity contribution in [2.24, 2.45) is 11.8 Å². The van der Waals surface area contributed by atoms with Crippen LogP contribution in [-0.2, 0) is 0 Å². The van der Waals surface area contributed by atoms with Gasteiger partial charge in [0.15, 0.2) is 0 Å². The van der Waals surface area contributed by atoms with Crippen molar-refractivity contribution in [3.63, 3.8) is 0 Å². The van der Waals surface area contributed by atoms with E-state index in [-0.39, 0.29) is 0 Å². The summed E-state index contributed by atoms with van der Waals surface area (Å²) in [6, 6.07) is 0.892. The SMILES string of the molecule is CC(C)CN(CC(C)C)C1CCCCC1. The third-order valence-corrected chi connectivity index (χ3v) is 3.29. The van der Waals surface area contributed by atoms with Crippen molar-refractivity contribution in [1.82, 2.24) is 4.90 Å². The summed E-state index contributed by atoms with van der Waals surface area (Å²) in [6.07, 6.45) is 7.27. The Bertz CT molecular complexity index is 147. The van der Waals surface area contributed by atoms with E-state index in [2.05, 4.69) is 32.6 Å². The van der Waals surface area contributed by atoms with Gasteiger partial charge in [0, 0.05) is 19.1 Å². The molecule has 0 spiro atoms. The van der Waals surface area contributed by atoms with Crippen LogP contribution in [0.5, 0.6) is 0 Å². The van der Waals surface area contributed by atoms with E-state index in [1.165, 1.54) is 45.2 Å². The molecular formula is C14H29N. The van der Waals surface area contributed by atoms with Crippen molar-refractivity contribution >= 4 is 0 Å². The minimum absolute atomic E-state index is 0.811. The lowest BCUT2D eigenvalue weighted by atomic mass is 9.93. The fraction of sp³-hybridized carbons (Fsp3) is 1.00. The van der Waals surface area contributed by atoms with Crippen molar-refractivity contribution in [3.05, 3.63) is 0 Å². The van der Waals surface area contributed by atoms with Crippen LogP contribution in [0.2, 0.25) is 0 Å². The van der Waals surface area contributed by atoms with Crippen LogP contribution in [0, 0.1) is 11.8 Å². The Morgan fingerprint density at radius 3 is 1.73 bits per heavy atom. The van der Waals surface area contributed by atoms with Crippen LogP contribution in [0.3, 0.4) is 0 Å². The van der Waals surface area contributed by atoms with Gasteiger partial charge in [-0.3, -0.25) is 4.90 Å². The standard InChI is InChI=1S/C14H29N/c1-12(2)10-15(11-13(3)4)14-8-6-5-7-9-14/h12-14H,5-11H2,1-4H3. The highest BCUT2D eigenvalue weighted by Gasteiger charge is 2.21. The van der Waals surface area contributed by atoms with Gasteiger partial charge in [0.05, 0.1) is 0 Å². The normalized spacial score (nSPS) is 19.4. The van der Waals surface area contributed by atoms with Crippen LogP contribution in [0.1, 0.15) is 59.8 Å². The Balaban J connectivity index is 2.45. The second-order valence-corrected chi connectivity index (χ2v) is 6.03. The van der Waals surface area contributed by atoms with E-state index in [0.717, 1.165) is 17.9 Å². The lowest BCUT2D eigenvalue weighted by Gasteiger charge is -2.36. The lowest BCUT2D eigenvalue weighted by Crippen LogP contribution is -2.41. The van der Waals surface area contributed by atoms with Crippen LogP contribution < -0.4 is 0 Å². The Hall–Kier alpha value is -0.0400. The summed E-state index contributed by atoms with van der Waals surface area (Å²) in [5.74, 6) is 1.62. The van der Waals surface area contributed by atoms with Gasteiger partial charge in [-0.05, 0) is 24.7 Å². The van der Waals surface area contributed by atoms with E-state index < -0.39 is 0 Å². The van der Waals surface area contributed by atoms with Gasteiger partial charge in [0.2, 0.25) is 0 Å². The first-order chi connectivity index (χ1) is 7.09. The Kier molecular flexibility index (Phi) is 5.66. The largest absolute Gasteiger partial charge is 0.300 e. The van der Waals surface area contributed by atoms with Gasteiger partial charge in [-0.15, -0.1) is 0 Å². The quantitative estimate of drug-likeness (QED) is 0.666. The summed E-state index contributed by atoms with van der Waals surface area (Å²) >= 11 is 0.